The van der Waals surface area contributed by atoms with Gasteiger partial charge in [-0.2, -0.15) is 0 Å². The third-order valence-electron chi connectivity index (χ3n) is 4.17. The fourth-order valence-corrected chi connectivity index (χ4v) is 3.01. The van der Waals surface area contributed by atoms with E-state index < -0.39 is 0 Å². The monoisotopic (exact) mass is 282 g/mol. The van der Waals surface area contributed by atoms with E-state index in [-0.39, 0.29) is 5.91 Å². The normalized spacial score (nSPS) is 15.8. The topological polar surface area (TPSA) is 41.1 Å². The zero-order valence-electron chi connectivity index (χ0n) is 12.3. The van der Waals surface area contributed by atoms with Crippen LogP contribution in [-0.2, 0) is 4.79 Å². The summed E-state index contributed by atoms with van der Waals surface area (Å²) >= 11 is 0. The van der Waals surface area contributed by atoms with Gasteiger partial charge in [-0.1, -0.05) is 49.6 Å². The van der Waals surface area contributed by atoms with E-state index in [2.05, 4.69) is 34.9 Å². The van der Waals surface area contributed by atoms with Crippen LogP contribution in [0, 0.1) is 0 Å². The number of carbonyl (C=O) groups excluding carboxylic acids is 1. The Labute approximate surface area is 125 Å². The molecule has 1 aliphatic carbocycles. The Morgan fingerprint density at radius 3 is 2.57 bits per heavy atom. The lowest BCUT2D eigenvalue weighted by atomic mass is 9.95. The first-order valence-corrected chi connectivity index (χ1v) is 7.83. The Hall–Kier alpha value is -2.03. The highest BCUT2D eigenvalue weighted by molar-refractivity contribution is 5.87. The van der Waals surface area contributed by atoms with Crippen molar-refractivity contribution in [3.05, 3.63) is 42.5 Å². The molecule has 1 saturated carbocycles. The standard InChI is InChI=1S/C18H22N2O/c21-18(20-16-8-2-1-3-9-16)13-19-17-11-10-14-6-4-5-7-15(14)12-17/h4-7,10-12,16,19H,1-3,8-9,13H2,(H,20,21). The second-order valence-electron chi connectivity index (χ2n) is 5.82. The predicted octanol–water partition coefficient (Wildman–Crippen LogP) is 3.70. The van der Waals surface area contributed by atoms with Crippen molar-refractivity contribution in [2.45, 2.75) is 38.1 Å². The molecule has 1 fully saturated rings. The van der Waals surface area contributed by atoms with E-state index in [0.29, 0.717) is 12.6 Å². The maximum absolute atomic E-state index is 12.0. The van der Waals surface area contributed by atoms with E-state index in [0.717, 1.165) is 18.5 Å². The number of fused-ring (bicyclic) bond motifs is 1. The van der Waals surface area contributed by atoms with Gasteiger partial charge in [0.1, 0.15) is 0 Å². The minimum absolute atomic E-state index is 0.0926. The van der Waals surface area contributed by atoms with Gasteiger partial charge in [0.05, 0.1) is 6.54 Å². The van der Waals surface area contributed by atoms with Crippen LogP contribution in [-0.4, -0.2) is 18.5 Å². The smallest absolute Gasteiger partial charge is 0.239 e. The highest BCUT2D eigenvalue weighted by atomic mass is 16.1. The van der Waals surface area contributed by atoms with Gasteiger partial charge < -0.3 is 10.6 Å². The summed E-state index contributed by atoms with van der Waals surface area (Å²) in [6, 6.07) is 14.8. The van der Waals surface area contributed by atoms with E-state index >= 15 is 0 Å². The number of rotatable bonds is 4. The lowest BCUT2D eigenvalue weighted by Crippen LogP contribution is -2.39. The third-order valence-corrected chi connectivity index (χ3v) is 4.17. The highest BCUT2D eigenvalue weighted by Crippen LogP contribution is 2.19. The van der Waals surface area contributed by atoms with Gasteiger partial charge in [-0.05, 0) is 35.7 Å². The van der Waals surface area contributed by atoms with Crippen molar-refractivity contribution in [3.63, 3.8) is 0 Å². The van der Waals surface area contributed by atoms with Crippen molar-refractivity contribution in [1.29, 1.82) is 0 Å². The molecule has 0 aliphatic heterocycles. The van der Waals surface area contributed by atoms with Gasteiger partial charge in [0.15, 0.2) is 0 Å². The summed E-state index contributed by atoms with van der Waals surface area (Å²) in [5, 5.41) is 8.75. The van der Waals surface area contributed by atoms with Crippen LogP contribution in [0.3, 0.4) is 0 Å². The van der Waals surface area contributed by atoms with Crippen LogP contribution in [0.2, 0.25) is 0 Å². The quantitative estimate of drug-likeness (QED) is 0.897. The van der Waals surface area contributed by atoms with Gasteiger partial charge in [-0.3, -0.25) is 4.79 Å². The van der Waals surface area contributed by atoms with Gasteiger partial charge in [0.2, 0.25) is 5.91 Å². The second-order valence-corrected chi connectivity index (χ2v) is 5.82. The molecular formula is C18H22N2O. The molecule has 0 heterocycles. The Kier molecular flexibility index (Phi) is 4.39. The van der Waals surface area contributed by atoms with E-state index in [1.165, 1.54) is 30.0 Å². The molecule has 3 nitrogen and oxygen atoms in total. The minimum atomic E-state index is 0.0926. The summed E-state index contributed by atoms with van der Waals surface area (Å²) in [6.07, 6.45) is 6.04. The summed E-state index contributed by atoms with van der Waals surface area (Å²) in [6.45, 7) is 0.342. The predicted molar refractivity (Wildman–Crippen MR) is 87.5 cm³/mol. The highest BCUT2D eigenvalue weighted by Gasteiger charge is 2.15. The molecule has 110 valence electrons. The molecular weight excluding hydrogens is 260 g/mol. The SMILES string of the molecule is O=C(CNc1ccc2ccccc2c1)NC1CCCCC1. The van der Waals surface area contributed by atoms with Crippen molar-refractivity contribution < 1.29 is 4.79 Å². The molecule has 0 unspecified atom stereocenters. The van der Waals surface area contributed by atoms with Crippen LogP contribution in [0.25, 0.3) is 10.8 Å². The average molecular weight is 282 g/mol. The van der Waals surface area contributed by atoms with E-state index in [1.807, 2.05) is 18.2 Å². The molecule has 0 saturated heterocycles. The Balaban J connectivity index is 1.54. The molecule has 2 aromatic carbocycles. The summed E-state index contributed by atoms with van der Waals surface area (Å²) in [5.74, 6) is 0.0926. The Morgan fingerprint density at radius 1 is 1.00 bits per heavy atom. The lowest BCUT2D eigenvalue weighted by Gasteiger charge is -2.22. The molecule has 0 aromatic heterocycles. The van der Waals surface area contributed by atoms with Gasteiger partial charge in [0, 0.05) is 11.7 Å². The van der Waals surface area contributed by atoms with Crippen LogP contribution >= 0.6 is 0 Å². The maximum atomic E-state index is 12.0. The summed E-state index contributed by atoms with van der Waals surface area (Å²) < 4.78 is 0. The molecule has 0 bridgehead atoms. The van der Waals surface area contributed by atoms with Gasteiger partial charge in [0.25, 0.3) is 0 Å². The molecule has 0 atom stereocenters. The number of nitrogens with one attached hydrogen (secondary N) is 2. The molecule has 1 aliphatic rings. The zero-order valence-corrected chi connectivity index (χ0v) is 12.3. The average Bonchev–Trinajstić information content (AvgIpc) is 2.54. The number of hydrogen-bond donors (Lipinski definition) is 2. The molecule has 3 rings (SSSR count). The number of anilines is 1. The van der Waals surface area contributed by atoms with Crippen molar-refractivity contribution in [1.82, 2.24) is 5.32 Å². The first-order chi connectivity index (χ1) is 10.3. The number of amides is 1. The molecule has 1 amide bonds. The summed E-state index contributed by atoms with van der Waals surface area (Å²) in [4.78, 5) is 12.0. The summed E-state index contributed by atoms with van der Waals surface area (Å²) in [7, 11) is 0. The number of benzene rings is 2. The Morgan fingerprint density at radius 2 is 1.76 bits per heavy atom. The van der Waals surface area contributed by atoms with Crippen LogP contribution in [0.1, 0.15) is 32.1 Å². The van der Waals surface area contributed by atoms with Gasteiger partial charge in [-0.15, -0.1) is 0 Å². The van der Waals surface area contributed by atoms with E-state index in [9.17, 15) is 4.79 Å². The van der Waals surface area contributed by atoms with Gasteiger partial charge in [-0.25, -0.2) is 0 Å². The minimum Gasteiger partial charge on any atom is -0.376 e. The number of carbonyl (C=O) groups is 1. The molecule has 3 heteroatoms. The van der Waals surface area contributed by atoms with Crippen molar-refractivity contribution in [2.75, 3.05) is 11.9 Å². The van der Waals surface area contributed by atoms with Crippen LogP contribution in [0.15, 0.2) is 42.5 Å². The molecule has 0 spiro atoms. The molecule has 2 aromatic rings. The Bertz CT molecular complexity index is 617. The fourth-order valence-electron chi connectivity index (χ4n) is 3.01. The van der Waals surface area contributed by atoms with E-state index in [4.69, 9.17) is 0 Å². The van der Waals surface area contributed by atoms with E-state index in [1.54, 1.807) is 0 Å². The molecule has 21 heavy (non-hydrogen) atoms. The molecule has 2 N–H and O–H groups in total. The third kappa shape index (κ3) is 3.75. The summed E-state index contributed by atoms with van der Waals surface area (Å²) in [5.41, 5.74) is 0.993. The fraction of sp³-hybridized carbons (Fsp3) is 0.389. The first-order valence-electron chi connectivity index (χ1n) is 7.83. The molecule has 0 radical (unpaired) electrons. The van der Waals surface area contributed by atoms with Crippen molar-refractivity contribution >= 4 is 22.4 Å². The van der Waals surface area contributed by atoms with Crippen molar-refractivity contribution in [3.8, 4) is 0 Å². The van der Waals surface area contributed by atoms with Crippen molar-refractivity contribution in [2.24, 2.45) is 0 Å². The largest absolute Gasteiger partial charge is 0.376 e. The van der Waals surface area contributed by atoms with Crippen LogP contribution in [0.5, 0.6) is 0 Å². The van der Waals surface area contributed by atoms with Crippen LogP contribution < -0.4 is 10.6 Å². The first kappa shape index (κ1) is 13.9. The lowest BCUT2D eigenvalue weighted by molar-refractivity contribution is -0.120. The van der Waals surface area contributed by atoms with Crippen LogP contribution in [0.4, 0.5) is 5.69 Å². The maximum Gasteiger partial charge on any atom is 0.239 e. The number of hydrogen-bond acceptors (Lipinski definition) is 2. The zero-order chi connectivity index (χ0) is 14.5. The second kappa shape index (κ2) is 6.61. The van der Waals surface area contributed by atoms with Gasteiger partial charge >= 0.3 is 0 Å².